The normalized spacial score (nSPS) is 21.5. The van der Waals surface area contributed by atoms with Crippen LogP contribution in [0.25, 0.3) is 0 Å². The molecule has 0 spiro atoms. The first-order valence-corrected chi connectivity index (χ1v) is 6.91. The van der Waals surface area contributed by atoms with Crippen molar-refractivity contribution in [3.63, 3.8) is 0 Å². The molecule has 1 aliphatic carbocycles. The van der Waals surface area contributed by atoms with E-state index >= 15 is 0 Å². The summed E-state index contributed by atoms with van der Waals surface area (Å²) in [6.07, 6.45) is 1.15. The molecule has 2 aromatic rings. The molecule has 19 heavy (non-hydrogen) atoms. The summed E-state index contributed by atoms with van der Waals surface area (Å²) in [6.45, 7) is 1.42. The van der Waals surface area contributed by atoms with E-state index in [1.54, 1.807) is 7.11 Å². The largest absolute Gasteiger partial charge is 0.383 e. The van der Waals surface area contributed by atoms with Crippen molar-refractivity contribution in [2.75, 3.05) is 13.7 Å². The average molecular weight is 275 g/mol. The van der Waals surface area contributed by atoms with Gasteiger partial charge in [-0.3, -0.25) is 5.10 Å². The smallest absolute Gasteiger partial charge is 0.195 e. The molecule has 5 heteroatoms. The van der Waals surface area contributed by atoms with Crippen molar-refractivity contribution in [2.45, 2.75) is 24.8 Å². The molecule has 3 rings (SSSR count). The SMILES string of the molecule is COCCn1c(C2CC2c2ccccc2)n[nH]c1=S. The van der Waals surface area contributed by atoms with Gasteiger partial charge in [-0.2, -0.15) is 5.10 Å². The fraction of sp³-hybridized carbons (Fsp3) is 0.429. The van der Waals surface area contributed by atoms with Gasteiger partial charge in [-0.05, 0) is 30.1 Å². The minimum atomic E-state index is 0.479. The quantitative estimate of drug-likeness (QED) is 0.853. The zero-order chi connectivity index (χ0) is 13.2. The predicted molar refractivity (Wildman–Crippen MR) is 75.8 cm³/mol. The molecule has 2 unspecified atom stereocenters. The molecule has 0 radical (unpaired) electrons. The number of aromatic amines is 1. The standard InChI is InChI=1S/C14H17N3OS/c1-18-8-7-17-13(15-16-14(17)19)12-9-11(12)10-5-3-2-4-6-10/h2-6,11-12H,7-9H2,1H3,(H,16,19). The number of ether oxygens (including phenoxy) is 1. The highest BCUT2D eigenvalue weighted by Crippen LogP contribution is 2.53. The van der Waals surface area contributed by atoms with Crippen LogP contribution in [0.4, 0.5) is 0 Å². The maximum atomic E-state index is 5.28. The Kier molecular flexibility index (Phi) is 3.48. The van der Waals surface area contributed by atoms with Gasteiger partial charge in [0.15, 0.2) is 4.77 Å². The van der Waals surface area contributed by atoms with Gasteiger partial charge in [0.25, 0.3) is 0 Å². The van der Waals surface area contributed by atoms with Crippen LogP contribution in [-0.2, 0) is 11.3 Å². The van der Waals surface area contributed by atoms with Gasteiger partial charge in [-0.1, -0.05) is 30.3 Å². The van der Waals surface area contributed by atoms with Crippen molar-refractivity contribution in [3.8, 4) is 0 Å². The van der Waals surface area contributed by atoms with Gasteiger partial charge < -0.3 is 9.30 Å². The second-order valence-corrected chi connectivity index (χ2v) is 5.28. The van der Waals surface area contributed by atoms with Crippen LogP contribution in [0.5, 0.6) is 0 Å². The van der Waals surface area contributed by atoms with Gasteiger partial charge >= 0.3 is 0 Å². The number of hydrogen-bond donors (Lipinski definition) is 1. The van der Waals surface area contributed by atoms with E-state index < -0.39 is 0 Å². The van der Waals surface area contributed by atoms with Crippen molar-refractivity contribution in [1.82, 2.24) is 14.8 Å². The summed E-state index contributed by atoms with van der Waals surface area (Å²) in [6, 6.07) is 10.6. The summed E-state index contributed by atoms with van der Waals surface area (Å²) >= 11 is 5.28. The molecular weight excluding hydrogens is 258 g/mol. The van der Waals surface area contributed by atoms with Crippen LogP contribution < -0.4 is 0 Å². The van der Waals surface area contributed by atoms with E-state index in [0.717, 1.165) is 18.8 Å². The third-order valence-corrected chi connectivity index (χ3v) is 3.97. The molecule has 100 valence electrons. The summed E-state index contributed by atoms with van der Waals surface area (Å²) in [5.74, 6) is 2.12. The molecule has 0 aliphatic heterocycles. The van der Waals surface area contributed by atoms with Crippen LogP contribution in [-0.4, -0.2) is 28.5 Å². The first kappa shape index (κ1) is 12.6. The lowest BCUT2D eigenvalue weighted by atomic mass is 10.1. The third-order valence-electron chi connectivity index (χ3n) is 3.66. The van der Waals surface area contributed by atoms with Crippen molar-refractivity contribution < 1.29 is 4.74 Å². The maximum absolute atomic E-state index is 5.28. The van der Waals surface area contributed by atoms with Gasteiger partial charge in [0, 0.05) is 19.6 Å². The number of methoxy groups -OCH3 is 1. The molecule has 4 nitrogen and oxygen atoms in total. The molecule has 1 fully saturated rings. The van der Waals surface area contributed by atoms with E-state index in [4.69, 9.17) is 17.0 Å². The van der Waals surface area contributed by atoms with Gasteiger partial charge in [0.2, 0.25) is 0 Å². The van der Waals surface area contributed by atoms with Gasteiger partial charge in [-0.15, -0.1) is 0 Å². The molecule has 2 atom stereocenters. The number of hydrogen-bond acceptors (Lipinski definition) is 3. The fourth-order valence-corrected chi connectivity index (χ4v) is 2.79. The minimum absolute atomic E-state index is 0.479. The lowest BCUT2D eigenvalue weighted by Gasteiger charge is -2.05. The maximum Gasteiger partial charge on any atom is 0.195 e. The highest BCUT2D eigenvalue weighted by molar-refractivity contribution is 7.71. The Morgan fingerprint density at radius 1 is 1.37 bits per heavy atom. The minimum Gasteiger partial charge on any atom is -0.383 e. The first-order chi connectivity index (χ1) is 9.31. The average Bonchev–Trinajstić information content (AvgIpc) is 3.16. The van der Waals surface area contributed by atoms with E-state index in [1.165, 1.54) is 5.56 Å². The molecule has 1 aromatic heterocycles. The van der Waals surface area contributed by atoms with Gasteiger partial charge in [-0.25, -0.2) is 0 Å². The van der Waals surface area contributed by atoms with E-state index in [-0.39, 0.29) is 0 Å². The monoisotopic (exact) mass is 275 g/mol. The van der Waals surface area contributed by atoms with Crippen LogP contribution in [0.3, 0.4) is 0 Å². The van der Waals surface area contributed by atoms with Crippen LogP contribution in [0.15, 0.2) is 30.3 Å². The van der Waals surface area contributed by atoms with Crippen molar-refractivity contribution >= 4 is 12.2 Å². The van der Waals surface area contributed by atoms with Gasteiger partial charge in [0.05, 0.1) is 6.61 Å². The molecule has 1 aromatic carbocycles. The highest BCUT2D eigenvalue weighted by atomic mass is 32.1. The van der Waals surface area contributed by atoms with Crippen molar-refractivity contribution in [3.05, 3.63) is 46.5 Å². The van der Waals surface area contributed by atoms with E-state index in [9.17, 15) is 0 Å². The Labute approximate surface area is 117 Å². The van der Waals surface area contributed by atoms with Crippen molar-refractivity contribution in [1.29, 1.82) is 0 Å². The van der Waals surface area contributed by atoms with E-state index in [1.807, 2.05) is 0 Å². The third kappa shape index (κ3) is 2.48. The van der Waals surface area contributed by atoms with Crippen LogP contribution >= 0.6 is 12.2 Å². The zero-order valence-electron chi connectivity index (χ0n) is 10.9. The van der Waals surface area contributed by atoms with Crippen LogP contribution in [0.1, 0.15) is 29.6 Å². The Hall–Kier alpha value is -1.46. The van der Waals surface area contributed by atoms with Crippen molar-refractivity contribution in [2.24, 2.45) is 0 Å². The summed E-state index contributed by atoms with van der Waals surface area (Å²) in [4.78, 5) is 0. The van der Waals surface area contributed by atoms with E-state index in [2.05, 4.69) is 45.1 Å². The second kappa shape index (κ2) is 5.27. The number of nitrogens with one attached hydrogen (secondary N) is 1. The fourth-order valence-electron chi connectivity index (χ4n) is 2.56. The number of rotatable bonds is 5. The number of aromatic nitrogens is 3. The molecular formula is C14H17N3OS. The Morgan fingerprint density at radius 2 is 2.16 bits per heavy atom. The Balaban J connectivity index is 1.80. The zero-order valence-corrected chi connectivity index (χ0v) is 11.7. The van der Waals surface area contributed by atoms with E-state index in [0.29, 0.717) is 23.2 Å². The summed E-state index contributed by atoms with van der Waals surface area (Å²) < 4.78 is 7.88. The molecule has 0 bridgehead atoms. The molecule has 1 aliphatic rings. The molecule has 0 saturated heterocycles. The molecule has 0 amide bonds. The topological polar surface area (TPSA) is 42.8 Å². The number of nitrogens with zero attached hydrogens (tertiary/aromatic N) is 2. The number of benzene rings is 1. The molecule has 1 heterocycles. The molecule has 1 saturated carbocycles. The Morgan fingerprint density at radius 3 is 2.89 bits per heavy atom. The first-order valence-electron chi connectivity index (χ1n) is 6.50. The summed E-state index contributed by atoms with van der Waals surface area (Å²) in [5.41, 5.74) is 1.39. The van der Waals surface area contributed by atoms with Gasteiger partial charge in [0.1, 0.15) is 5.82 Å². The summed E-state index contributed by atoms with van der Waals surface area (Å²) in [5, 5.41) is 7.30. The predicted octanol–water partition coefficient (Wildman–Crippen LogP) is 2.86. The lowest BCUT2D eigenvalue weighted by molar-refractivity contribution is 0.186. The number of H-pyrrole nitrogens is 1. The highest BCUT2D eigenvalue weighted by Gasteiger charge is 2.42. The van der Waals surface area contributed by atoms with Crippen LogP contribution in [0.2, 0.25) is 0 Å². The second-order valence-electron chi connectivity index (χ2n) is 4.89. The lowest BCUT2D eigenvalue weighted by Crippen LogP contribution is -2.08. The molecule has 1 N–H and O–H groups in total. The summed E-state index contributed by atoms with van der Waals surface area (Å²) in [7, 11) is 1.70. The Bertz CT molecular complexity index is 605. The van der Waals surface area contributed by atoms with Crippen LogP contribution in [0, 0.1) is 4.77 Å².